The Balaban J connectivity index is 1.09. The molecule has 70 heavy (non-hydrogen) atoms. The summed E-state index contributed by atoms with van der Waals surface area (Å²) in [5.41, 5.74) is 20.4. The minimum absolute atomic E-state index is 0.0551. The number of fused-ring (bicyclic) bond motifs is 7. The molecule has 0 N–H and O–H groups in total. The molecule has 6 heteroatoms. The third kappa shape index (κ3) is 6.74. The summed E-state index contributed by atoms with van der Waals surface area (Å²) in [6, 6.07) is 82.3. The molecular formula is C64H50BN5. The molecular weight excluding hydrogens is 850 g/mol. The Hall–Kier alpha value is -8.61. The van der Waals surface area contributed by atoms with Crippen molar-refractivity contribution in [2.24, 2.45) is 0 Å². The van der Waals surface area contributed by atoms with Crippen molar-refractivity contribution in [3.8, 4) is 22.3 Å². The van der Waals surface area contributed by atoms with Gasteiger partial charge in [0.1, 0.15) is 11.5 Å². The van der Waals surface area contributed by atoms with E-state index in [9.17, 15) is 0 Å². The monoisotopic (exact) mass is 899 g/mol. The van der Waals surface area contributed by atoms with Gasteiger partial charge < -0.3 is 9.80 Å². The van der Waals surface area contributed by atoms with E-state index in [0.717, 1.165) is 62.4 Å². The van der Waals surface area contributed by atoms with Gasteiger partial charge in [0.05, 0.1) is 11.3 Å². The van der Waals surface area contributed by atoms with Gasteiger partial charge in [-0.1, -0.05) is 160 Å². The number of aryl methyl sites for hydroxylation is 1. The molecule has 11 aromatic rings. The zero-order chi connectivity index (χ0) is 47.1. The lowest BCUT2D eigenvalue weighted by Crippen LogP contribution is -2.62. The molecule has 0 fully saturated rings. The molecule has 13 rings (SSSR count). The molecule has 0 saturated carbocycles. The second kappa shape index (κ2) is 16.3. The minimum atomic E-state index is -0.140. The molecule has 4 heterocycles. The molecule has 0 radical (unpaired) electrons. The molecule has 0 saturated heterocycles. The highest BCUT2D eigenvalue weighted by Crippen LogP contribution is 2.48. The molecule has 9 aromatic carbocycles. The highest BCUT2D eigenvalue weighted by Gasteiger charge is 2.46. The van der Waals surface area contributed by atoms with E-state index in [1.165, 1.54) is 55.2 Å². The van der Waals surface area contributed by atoms with E-state index in [0.29, 0.717) is 0 Å². The van der Waals surface area contributed by atoms with Crippen LogP contribution < -0.4 is 31.2 Å². The Morgan fingerprint density at radius 3 is 1.91 bits per heavy atom. The highest BCUT2D eigenvalue weighted by atomic mass is 15.3. The van der Waals surface area contributed by atoms with Gasteiger partial charge in [0.15, 0.2) is 0 Å². The predicted octanol–water partition coefficient (Wildman–Crippen LogP) is 15.0. The Bertz CT molecular complexity index is 3800. The first-order valence-electron chi connectivity index (χ1n) is 24.3. The lowest BCUT2D eigenvalue weighted by molar-refractivity contribution is 0.590. The van der Waals surface area contributed by atoms with Gasteiger partial charge in [-0.3, -0.25) is 9.30 Å². The van der Waals surface area contributed by atoms with Gasteiger partial charge in [-0.05, 0) is 147 Å². The van der Waals surface area contributed by atoms with Gasteiger partial charge >= 0.3 is 0 Å². The molecule has 0 unspecified atom stereocenters. The zero-order valence-electron chi connectivity index (χ0n) is 39.8. The fourth-order valence-corrected chi connectivity index (χ4v) is 11.1. The number of anilines is 9. The molecule has 0 spiro atoms. The van der Waals surface area contributed by atoms with Crippen LogP contribution >= 0.6 is 0 Å². The molecule has 0 amide bonds. The first-order valence-corrected chi connectivity index (χ1v) is 24.3. The summed E-state index contributed by atoms with van der Waals surface area (Å²) < 4.78 is 2.27. The topological polar surface area (TPSA) is 27.0 Å². The summed E-state index contributed by atoms with van der Waals surface area (Å²) in [5.74, 6) is 1.07. The maximum atomic E-state index is 5.55. The maximum absolute atomic E-state index is 5.55. The summed E-state index contributed by atoms with van der Waals surface area (Å²) in [6.07, 6.45) is 2.15. The van der Waals surface area contributed by atoms with Crippen molar-refractivity contribution in [3.63, 3.8) is 0 Å². The molecule has 334 valence electrons. The normalized spacial score (nSPS) is 12.8. The van der Waals surface area contributed by atoms with Crippen molar-refractivity contribution >= 4 is 91.0 Å². The number of hydrogen-bond donors (Lipinski definition) is 0. The van der Waals surface area contributed by atoms with E-state index in [1.54, 1.807) is 0 Å². The van der Waals surface area contributed by atoms with Gasteiger partial charge in [-0.25, -0.2) is 4.98 Å². The van der Waals surface area contributed by atoms with Crippen LogP contribution in [0.15, 0.2) is 231 Å². The van der Waals surface area contributed by atoms with Gasteiger partial charge in [-0.2, -0.15) is 0 Å². The smallest absolute Gasteiger partial charge is 0.277 e. The van der Waals surface area contributed by atoms with Gasteiger partial charge in [-0.15, -0.1) is 0 Å². The average molecular weight is 900 g/mol. The molecule has 2 aliphatic rings. The first kappa shape index (κ1) is 41.6. The van der Waals surface area contributed by atoms with Crippen LogP contribution in [0.5, 0.6) is 0 Å². The van der Waals surface area contributed by atoms with Crippen LogP contribution in [0, 0.1) is 6.92 Å². The van der Waals surface area contributed by atoms with Gasteiger partial charge in [0.2, 0.25) is 0 Å². The second-order valence-corrected chi connectivity index (χ2v) is 19.7. The third-order valence-corrected chi connectivity index (χ3v) is 14.3. The molecule has 5 nitrogen and oxygen atoms in total. The Morgan fingerprint density at radius 2 is 1.14 bits per heavy atom. The Labute approximate surface area is 410 Å². The standard InChI is InChI=1S/C64H50BN5/c1-43-38-58-61-59(39-43)70(49-27-12-7-13-28-49)63-62(66-60-32-16-17-37-67(60)63)65(61)55-35-34-51(42-57(55)69(58)48-25-10-6-11-26-48)68(56-36-33-47(64(2,3)4)41-54(56)45-20-8-5-9-21-45)50-29-18-24-46(40-50)53-31-19-23-44-22-14-15-30-52(44)53/h5-42H,1-4H3. The summed E-state index contributed by atoms with van der Waals surface area (Å²) in [7, 11) is 0. The molecule has 2 aliphatic heterocycles. The lowest BCUT2D eigenvalue weighted by Gasteiger charge is -2.43. The van der Waals surface area contributed by atoms with Crippen molar-refractivity contribution in [2.45, 2.75) is 33.1 Å². The first-order chi connectivity index (χ1) is 34.3. The summed E-state index contributed by atoms with van der Waals surface area (Å²) in [5, 5.41) is 2.46. The van der Waals surface area contributed by atoms with Crippen molar-refractivity contribution < 1.29 is 0 Å². The quantitative estimate of drug-likeness (QED) is 0.149. The largest absolute Gasteiger partial charge is 0.311 e. The van der Waals surface area contributed by atoms with Crippen LogP contribution in [0.1, 0.15) is 31.9 Å². The number of pyridine rings is 1. The zero-order valence-corrected chi connectivity index (χ0v) is 39.8. The number of hydrogen-bond acceptors (Lipinski definition) is 4. The molecule has 0 aliphatic carbocycles. The average Bonchev–Trinajstić information content (AvgIpc) is 3.78. The Morgan fingerprint density at radius 1 is 0.500 bits per heavy atom. The minimum Gasteiger partial charge on any atom is -0.311 e. The third-order valence-electron chi connectivity index (χ3n) is 14.3. The van der Waals surface area contributed by atoms with Crippen molar-refractivity contribution in [3.05, 3.63) is 242 Å². The molecule has 2 aromatic heterocycles. The van der Waals surface area contributed by atoms with Crippen molar-refractivity contribution in [1.82, 2.24) is 9.38 Å². The van der Waals surface area contributed by atoms with E-state index >= 15 is 0 Å². The van der Waals surface area contributed by atoms with Crippen LogP contribution in [-0.4, -0.2) is 16.1 Å². The number of benzene rings is 9. The fraction of sp³-hybridized carbons (Fsp3) is 0.0781. The van der Waals surface area contributed by atoms with Crippen LogP contribution in [0.3, 0.4) is 0 Å². The van der Waals surface area contributed by atoms with Crippen LogP contribution in [0.2, 0.25) is 0 Å². The summed E-state index contributed by atoms with van der Waals surface area (Å²) in [4.78, 5) is 13.0. The maximum Gasteiger partial charge on any atom is 0.277 e. The van der Waals surface area contributed by atoms with Crippen LogP contribution in [-0.2, 0) is 5.41 Å². The van der Waals surface area contributed by atoms with Crippen LogP contribution in [0.4, 0.5) is 51.3 Å². The number of para-hydroxylation sites is 2. The number of nitrogens with zero attached hydrogens (tertiary/aromatic N) is 5. The van der Waals surface area contributed by atoms with Gasteiger partial charge in [0, 0.05) is 51.6 Å². The van der Waals surface area contributed by atoms with E-state index < -0.39 is 0 Å². The SMILES string of the molecule is Cc1cc2c3c(c1)N(c1ccccc1)c1c(nc4ccccn14)B3c1ccc(N(c3cccc(-c4cccc5ccccc45)c3)c3ccc(C(C)(C)C)cc3-c3ccccc3)cc1N2c1ccccc1. The second-order valence-electron chi connectivity index (χ2n) is 19.7. The van der Waals surface area contributed by atoms with E-state index in [-0.39, 0.29) is 12.1 Å². The number of aromatic nitrogens is 2. The number of rotatable bonds is 7. The van der Waals surface area contributed by atoms with E-state index in [1.807, 2.05) is 0 Å². The molecule has 0 atom stereocenters. The van der Waals surface area contributed by atoms with E-state index in [4.69, 9.17) is 4.98 Å². The van der Waals surface area contributed by atoms with E-state index in [2.05, 4.69) is 277 Å². The summed E-state index contributed by atoms with van der Waals surface area (Å²) in [6.45, 7) is 8.98. The predicted molar refractivity (Wildman–Crippen MR) is 296 cm³/mol. The van der Waals surface area contributed by atoms with Crippen molar-refractivity contribution in [2.75, 3.05) is 14.7 Å². The van der Waals surface area contributed by atoms with Crippen molar-refractivity contribution in [1.29, 1.82) is 0 Å². The molecule has 0 bridgehead atoms. The Kier molecular flexibility index (Phi) is 9.67. The summed E-state index contributed by atoms with van der Waals surface area (Å²) >= 11 is 0. The van der Waals surface area contributed by atoms with Crippen LogP contribution in [0.25, 0.3) is 38.7 Å². The van der Waals surface area contributed by atoms with Gasteiger partial charge in [0.25, 0.3) is 6.71 Å². The fourth-order valence-electron chi connectivity index (χ4n) is 11.1. The lowest BCUT2D eigenvalue weighted by atomic mass is 9.35. The highest BCUT2D eigenvalue weighted by molar-refractivity contribution is 7.00. The number of imidazole rings is 1.